The Kier molecular flexibility index (Phi) is 4.91. The molecule has 0 aliphatic heterocycles. The van der Waals surface area contributed by atoms with Crippen LogP contribution in [0.2, 0.25) is 0 Å². The van der Waals surface area contributed by atoms with Crippen molar-refractivity contribution in [2.75, 3.05) is 12.3 Å². The van der Waals surface area contributed by atoms with Crippen LogP contribution in [0.3, 0.4) is 0 Å². The normalized spacial score (nSPS) is 12.3. The van der Waals surface area contributed by atoms with Crippen LogP contribution in [0.4, 0.5) is 5.69 Å². The van der Waals surface area contributed by atoms with Crippen molar-refractivity contribution >= 4 is 17.5 Å². The lowest BCUT2D eigenvalue weighted by molar-refractivity contribution is -0.122. The van der Waals surface area contributed by atoms with E-state index in [1.807, 2.05) is 13.8 Å². The summed E-state index contributed by atoms with van der Waals surface area (Å²) in [7, 11) is 0. The van der Waals surface area contributed by atoms with Gasteiger partial charge in [0.05, 0.1) is 11.4 Å². The fourth-order valence-electron chi connectivity index (χ4n) is 1.40. The number of aromatic nitrogens is 2. The van der Waals surface area contributed by atoms with Gasteiger partial charge in [-0.05, 0) is 19.8 Å². The van der Waals surface area contributed by atoms with Gasteiger partial charge in [-0.1, -0.05) is 13.8 Å². The lowest BCUT2D eigenvalue weighted by Gasteiger charge is -2.14. The molecule has 1 aromatic rings. The first kappa shape index (κ1) is 15.0. The SMILES string of the molecule is Cc1[nH]nc(C(=O)NC(C)C(=O)NCC(C)C)c1N. The maximum Gasteiger partial charge on any atom is 0.274 e. The molecule has 1 aromatic heterocycles. The second-order valence-corrected chi connectivity index (χ2v) is 4.95. The number of nitrogens with two attached hydrogens (primary N) is 1. The zero-order valence-corrected chi connectivity index (χ0v) is 11.7. The Balaban J connectivity index is 2.57. The summed E-state index contributed by atoms with van der Waals surface area (Å²) in [4.78, 5) is 23.6. The van der Waals surface area contributed by atoms with Gasteiger partial charge in [0, 0.05) is 6.54 Å². The molecule has 7 nitrogen and oxygen atoms in total. The zero-order valence-electron chi connectivity index (χ0n) is 11.7. The summed E-state index contributed by atoms with van der Waals surface area (Å²) in [6.07, 6.45) is 0. The van der Waals surface area contributed by atoms with Crippen LogP contribution in [0.5, 0.6) is 0 Å². The lowest BCUT2D eigenvalue weighted by Crippen LogP contribution is -2.45. The van der Waals surface area contributed by atoms with Gasteiger partial charge in [0.1, 0.15) is 6.04 Å². The first-order chi connectivity index (χ1) is 8.82. The summed E-state index contributed by atoms with van der Waals surface area (Å²) in [6, 6.07) is -0.636. The largest absolute Gasteiger partial charge is 0.395 e. The Hall–Kier alpha value is -2.05. The maximum absolute atomic E-state index is 11.9. The van der Waals surface area contributed by atoms with Crippen LogP contribution in [0.15, 0.2) is 0 Å². The molecule has 2 amide bonds. The van der Waals surface area contributed by atoms with Gasteiger partial charge in [-0.25, -0.2) is 0 Å². The molecule has 1 unspecified atom stereocenters. The van der Waals surface area contributed by atoms with Crippen LogP contribution in [0, 0.1) is 12.8 Å². The Morgan fingerprint density at radius 1 is 1.37 bits per heavy atom. The number of nitrogen functional groups attached to an aromatic ring is 1. The van der Waals surface area contributed by atoms with Crippen molar-refractivity contribution in [3.63, 3.8) is 0 Å². The number of aryl methyl sites for hydroxylation is 1. The zero-order chi connectivity index (χ0) is 14.6. The first-order valence-electron chi connectivity index (χ1n) is 6.22. The van der Waals surface area contributed by atoms with Gasteiger partial charge in [-0.2, -0.15) is 5.10 Å². The molecular weight excluding hydrogens is 246 g/mol. The summed E-state index contributed by atoms with van der Waals surface area (Å²) >= 11 is 0. The second-order valence-electron chi connectivity index (χ2n) is 4.95. The Morgan fingerprint density at radius 3 is 2.47 bits per heavy atom. The highest BCUT2D eigenvalue weighted by Crippen LogP contribution is 2.12. The van der Waals surface area contributed by atoms with Gasteiger partial charge in [-0.15, -0.1) is 0 Å². The molecule has 0 saturated heterocycles. The average molecular weight is 267 g/mol. The average Bonchev–Trinajstić information content (AvgIpc) is 2.66. The summed E-state index contributed by atoms with van der Waals surface area (Å²) in [5.41, 5.74) is 6.74. The molecule has 0 aromatic carbocycles. The molecule has 19 heavy (non-hydrogen) atoms. The number of hydrogen-bond donors (Lipinski definition) is 4. The van der Waals surface area contributed by atoms with Crippen LogP contribution >= 0.6 is 0 Å². The van der Waals surface area contributed by atoms with E-state index in [0.717, 1.165) is 0 Å². The second kappa shape index (κ2) is 6.21. The van der Waals surface area contributed by atoms with Crippen molar-refractivity contribution < 1.29 is 9.59 Å². The van der Waals surface area contributed by atoms with E-state index in [-0.39, 0.29) is 11.6 Å². The molecule has 0 aliphatic carbocycles. The van der Waals surface area contributed by atoms with E-state index in [2.05, 4.69) is 20.8 Å². The highest BCUT2D eigenvalue weighted by Gasteiger charge is 2.20. The van der Waals surface area contributed by atoms with Crippen LogP contribution in [-0.2, 0) is 4.79 Å². The highest BCUT2D eigenvalue weighted by atomic mass is 16.2. The van der Waals surface area contributed by atoms with Crippen molar-refractivity contribution in [2.45, 2.75) is 33.7 Å². The quantitative estimate of drug-likeness (QED) is 0.610. The number of anilines is 1. The monoisotopic (exact) mass is 267 g/mol. The summed E-state index contributed by atoms with van der Waals surface area (Å²) in [6.45, 7) is 7.90. The fraction of sp³-hybridized carbons (Fsp3) is 0.583. The third-order valence-corrected chi connectivity index (χ3v) is 2.64. The van der Waals surface area contributed by atoms with Gasteiger partial charge in [0.15, 0.2) is 5.69 Å². The smallest absolute Gasteiger partial charge is 0.274 e. The number of hydrogen-bond acceptors (Lipinski definition) is 4. The molecule has 0 spiro atoms. The van der Waals surface area contributed by atoms with Crippen molar-refractivity contribution in [1.82, 2.24) is 20.8 Å². The van der Waals surface area contributed by atoms with Crippen molar-refractivity contribution in [3.8, 4) is 0 Å². The molecule has 1 rings (SSSR count). The number of nitrogens with zero attached hydrogens (tertiary/aromatic N) is 1. The van der Waals surface area contributed by atoms with Gasteiger partial charge in [-0.3, -0.25) is 14.7 Å². The predicted molar refractivity (Wildman–Crippen MR) is 72.5 cm³/mol. The van der Waals surface area contributed by atoms with E-state index in [0.29, 0.717) is 23.8 Å². The van der Waals surface area contributed by atoms with Gasteiger partial charge in [0.2, 0.25) is 5.91 Å². The number of amides is 2. The van der Waals surface area contributed by atoms with Crippen LogP contribution in [-0.4, -0.2) is 34.6 Å². The topological polar surface area (TPSA) is 113 Å². The number of carbonyl (C=O) groups is 2. The summed E-state index contributed by atoms with van der Waals surface area (Å²) in [5, 5.41) is 11.7. The highest BCUT2D eigenvalue weighted by molar-refractivity contribution is 6.00. The van der Waals surface area contributed by atoms with E-state index in [1.54, 1.807) is 13.8 Å². The third kappa shape index (κ3) is 3.97. The summed E-state index contributed by atoms with van der Waals surface area (Å²) in [5.74, 6) is -0.335. The molecule has 0 bridgehead atoms. The molecule has 0 fully saturated rings. The fourth-order valence-corrected chi connectivity index (χ4v) is 1.40. The number of carbonyl (C=O) groups excluding carboxylic acids is 2. The minimum absolute atomic E-state index is 0.112. The van der Waals surface area contributed by atoms with Gasteiger partial charge in [0.25, 0.3) is 5.91 Å². The number of rotatable bonds is 5. The van der Waals surface area contributed by atoms with E-state index >= 15 is 0 Å². The Morgan fingerprint density at radius 2 is 2.00 bits per heavy atom. The lowest BCUT2D eigenvalue weighted by atomic mass is 10.2. The number of H-pyrrole nitrogens is 1. The van der Waals surface area contributed by atoms with Crippen LogP contribution < -0.4 is 16.4 Å². The molecule has 0 radical (unpaired) electrons. The molecule has 1 heterocycles. The number of nitrogens with one attached hydrogen (secondary N) is 3. The van der Waals surface area contributed by atoms with E-state index in [4.69, 9.17) is 5.73 Å². The molecular formula is C12H21N5O2. The standard InChI is InChI=1S/C12H21N5O2/c1-6(2)5-14-11(18)8(4)15-12(19)10-9(13)7(3)16-17-10/h6,8H,5,13H2,1-4H3,(H,14,18)(H,15,19)(H,16,17). The maximum atomic E-state index is 11.9. The molecule has 1 atom stereocenters. The minimum Gasteiger partial charge on any atom is -0.395 e. The van der Waals surface area contributed by atoms with Gasteiger partial charge >= 0.3 is 0 Å². The van der Waals surface area contributed by atoms with Crippen molar-refractivity contribution in [2.24, 2.45) is 5.92 Å². The van der Waals surface area contributed by atoms with E-state index in [1.165, 1.54) is 0 Å². The molecule has 106 valence electrons. The van der Waals surface area contributed by atoms with Crippen molar-refractivity contribution in [1.29, 1.82) is 0 Å². The molecule has 5 N–H and O–H groups in total. The van der Waals surface area contributed by atoms with Crippen LogP contribution in [0.25, 0.3) is 0 Å². The van der Waals surface area contributed by atoms with Crippen LogP contribution in [0.1, 0.15) is 37.0 Å². The first-order valence-corrected chi connectivity index (χ1v) is 6.22. The minimum atomic E-state index is -0.636. The number of aromatic amines is 1. The molecule has 7 heteroatoms. The van der Waals surface area contributed by atoms with E-state index in [9.17, 15) is 9.59 Å². The third-order valence-electron chi connectivity index (χ3n) is 2.64. The predicted octanol–water partition coefficient (Wildman–Crippen LogP) is 0.191. The molecule has 0 saturated carbocycles. The van der Waals surface area contributed by atoms with E-state index < -0.39 is 11.9 Å². The Bertz CT molecular complexity index is 467. The van der Waals surface area contributed by atoms with Gasteiger partial charge < -0.3 is 16.4 Å². The van der Waals surface area contributed by atoms with Crippen molar-refractivity contribution in [3.05, 3.63) is 11.4 Å². The Labute approximate surface area is 112 Å². The molecule has 0 aliphatic rings. The summed E-state index contributed by atoms with van der Waals surface area (Å²) < 4.78 is 0.